The number of aliphatic imine (C=N–C) groups is 1. The lowest BCUT2D eigenvalue weighted by Crippen LogP contribution is -2.21. The van der Waals surface area contributed by atoms with Crippen molar-refractivity contribution < 1.29 is 37.0 Å². The zero-order valence-electron chi connectivity index (χ0n) is 20.9. The van der Waals surface area contributed by atoms with Crippen LogP contribution >= 0.6 is 19.4 Å². The standard InChI is InChI=1S/C24H26N3O8PS2/c1-15(2)34-18-11-16(12-19(13-18)35-17-5-7-20(8-6-17)38(4,32)33)23(28)26-14-25-21-9-10-22(36(29,30)31)27-24(21)37-3/h5-15H,1-4H3,(H,25,26,28)(H2,29,30,31). The normalized spacial score (nSPS) is 12.1. The highest BCUT2D eigenvalue weighted by Crippen LogP contribution is 2.35. The first kappa shape index (κ1) is 29.3. The second kappa shape index (κ2) is 12.1. The van der Waals surface area contributed by atoms with Gasteiger partial charge >= 0.3 is 7.60 Å². The number of pyridine rings is 1. The lowest BCUT2D eigenvalue weighted by molar-refractivity contribution is 0.0977. The molecular weight excluding hydrogens is 553 g/mol. The summed E-state index contributed by atoms with van der Waals surface area (Å²) in [7, 11) is -7.87. The van der Waals surface area contributed by atoms with E-state index in [1.54, 1.807) is 12.3 Å². The Bertz CT molecular complexity index is 1500. The van der Waals surface area contributed by atoms with Crippen LogP contribution in [0.4, 0.5) is 5.69 Å². The van der Waals surface area contributed by atoms with Gasteiger partial charge in [0.25, 0.3) is 5.91 Å². The third kappa shape index (κ3) is 8.14. The van der Waals surface area contributed by atoms with Gasteiger partial charge < -0.3 is 24.6 Å². The number of hydrogen-bond acceptors (Lipinski definition) is 9. The van der Waals surface area contributed by atoms with Crippen molar-refractivity contribution in [3.8, 4) is 17.2 Å². The Kier molecular flexibility index (Phi) is 9.34. The van der Waals surface area contributed by atoms with Gasteiger partial charge in [0, 0.05) is 17.9 Å². The molecule has 11 nitrogen and oxygen atoms in total. The Morgan fingerprint density at radius 3 is 2.32 bits per heavy atom. The summed E-state index contributed by atoms with van der Waals surface area (Å²) in [6.07, 6.45) is 3.76. The number of hydrogen-bond donors (Lipinski definition) is 3. The number of amides is 1. The quantitative estimate of drug-likeness (QED) is 0.140. The highest BCUT2D eigenvalue weighted by atomic mass is 32.2. The summed E-state index contributed by atoms with van der Waals surface area (Å²) in [5.74, 6) is 0.516. The first-order chi connectivity index (χ1) is 17.8. The Morgan fingerprint density at radius 1 is 1.08 bits per heavy atom. The van der Waals surface area contributed by atoms with Crippen LogP contribution < -0.4 is 20.2 Å². The number of thioether (sulfide) groups is 1. The van der Waals surface area contributed by atoms with Crippen molar-refractivity contribution in [3.63, 3.8) is 0 Å². The van der Waals surface area contributed by atoms with Gasteiger partial charge in [0.05, 0.1) is 23.0 Å². The Hall–Kier alpha value is -3.22. The molecule has 3 N–H and O–H groups in total. The zero-order valence-corrected chi connectivity index (χ0v) is 23.4. The average molecular weight is 580 g/mol. The molecule has 1 heterocycles. The molecule has 14 heteroatoms. The van der Waals surface area contributed by atoms with Crippen LogP contribution in [0.25, 0.3) is 0 Å². The zero-order chi connectivity index (χ0) is 28.1. The third-order valence-corrected chi connectivity index (χ3v) is 7.38. The topological polar surface area (TPSA) is 164 Å². The number of ether oxygens (including phenoxy) is 2. The van der Waals surface area contributed by atoms with Crippen molar-refractivity contribution in [3.05, 3.63) is 60.2 Å². The van der Waals surface area contributed by atoms with Crippen LogP contribution in [0.5, 0.6) is 17.2 Å². The lowest BCUT2D eigenvalue weighted by atomic mass is 10.2. The first-order valence-electron chi connectivity index (χ1n) is 11.0. The van der Waals surface area contributed by atoms with E-state index in [0.29, 0.717) is 22.9 Å². The van der Waals surface area contributed by atoms with Gasteiger partial charge in [-0.15, -0.1) is 11.8 Å². The van der Waals surface area contributed by atoms with E-state index in [2.05, 4.69) is 15.3 Å². The van der Waals surface area contributed by atoms with Crippen molar-refractivity contribution >= 4 is 52.6 Å². The molecule has 0 spiro atoms. The van der Waals surface area contributed by atoms with Gasteiger partial charge in [-0.2, -0.15) is 0 Å². The molecule has 3 aromatic rings. The van der Waals surface area contributed by atoms with Crippen LogP contribution in [0.1, 0.15) is 24.2 Å². The molecule has 0 unspecified atom stereocenters. The highest BCUT2D eigenvalue weighted by Gasteiger charge is 2.20. The average Bonchev–Trinajstić information content (AvgIpc) is 2.82. The second-order valence-corrected chi connectivity index (χ2v) is 12.5. The van der Waals surface area contributed by atoms with Crippen LogP contribution in [0.2, 0.25) is 0 Å². The molecule has 0 bridgehead atoms. The molecule has 1 aromatic heterocycles. The van der Waals surface area contributed by atoms with E-state index in [1.807, 2.05) is 13.8 Å². The van der Waals surface area contributed by atoms with E-state index in [4.69, 9.17) is 9.47 Å². The fourth-order valence-electron chi connectivity index (χ4n) is 3.07. The number of rotatable bonds is 10. The molecule has 0 aliphatic heterocycles. The van der Waals surface area contributed by atoms with Gasteiger partial charge in [0.15, 0.2) is 15.3 Å². The van der Waals surface area contributed by atoms with Gasteiger partial charge in [-0.1, -0.05) is 0 Å². The molecule has 202 valence electrons. The Labute approximate surface area is 224 Å². The maximum atomic E-state index is 12.9. The van der Waals surface area contributed by atoms with Crippen LogP contribution in [0.3, 0.4) is 0 Å². The van der Waals surface area contributed by atoms with Gasteiger partial charge in [-0.05, 0) is 68.6 Å². The summed E-state index contributed by atoms with van der Waals surface area (Å²) >= 11 is 1.15. The summed E-state index contributed by atoms with van der Waals surface area (Å²) in [5.41, 5.74) is 0.149. The van der Waals surface area contributed by atoms with Crippen LogP contribution in [0.15, 0.2) is 69.5 Å². The summed E-state index contributed by atoms with van der Waals surface area (Å²) in [5, 5.41) is 2.82. The Balaban J connectivity index is 1.82. The van der Waals surface area contributed by atoms with Crippen molar-refractivity contribution in [1.82, 2.24) is 10.3 Å². The van der Waals surface area contributed by atoms with Crippen LogP contribution in [-0.4, -0.2) is 54.0 Å². The molecular formula is C24H26N3O8PS2. The first-order valence-corrected chi connectivity index (χ1v) is 15.7. The molecule has 0 atom stereocenters. The van der Waals surface area contributed by atoms with Crippen molar-refractivity contribution in [2.45, 2.75) is 29.9 Å². The van der Waals surface area contributed by atoms with Gasteiger partial charge in [-0.3, -0.25) is 9.36 Å². The van der Waals surface area contributed by atoms with Gasteiger partial charge in [-0.25, -0.2) is 18.4 Å². The fourth-order valence-corrected chi connectivity index (χ4v) is 4.79. The largest absolute Gasteiger partial charge is 0.491 e. The molecule has 38 heavy (non-hydrogen) atoms. The summed E-state index contributed by atoms with van der Waals surface area (Å²) < 4.78 is 46.4. The molecule has 2 aromatic carbocycles. The van der Waals surface area contributed by atoms with Crippen molar-refractivity contribution in [1.29, 1.82) is 0 Å². The predicted octanol–water partition coefficient (Wildman–Crippen LogP) is 3.68. The molecule has 0 saturated heterocycles. The minimum Gasteiger partial charge on any atom is -0.491 e. The minimum atomic E-state index is -4.51. The molecule has 0 aliphatic carbocycles. The smallest absolute Gasteiger partial charge is 0.374 e. The van der Waals surface area contributed by atoms with E-state index >= 15 is 0 Å². The third-order valence-electron chi connectivity index (χ3n) is 4.72. The number of sulfone groups is 1. The van der Waals surface area contributed by atoms with Crippen LogP contribution in [0, 0.1) is 0 Å². The maximum Gasteiger partial charge on any atom is 0.374 e. The van der Waals surface area contributed by atoms with E-state index in [0.717, 1.165) is 24.4 Å². The monoisotopic (exact) mass is 579 g/mol. The maximum absolute atomic E-state index is 12.9. The van der Waals surface area contributed by atoms with Gasteiger partial charge in [0.2, 0.25) is 0 Å². The summed E-state index contributed by atoms with van der Waals surface area (Å²) in [6, 6.07) is 13.1. The number of nitrogens with one attached hydrogen (secondary N) is 1. The van der Waals surface area contributed by atoms with E-state index < -0.39 is 23.3 Å². The van der Waals surface area contributed by atoms with E-state index in [-0.39, 0.29) is 27.0 Å². The molecule has 0 fully saturated rings. The summed E-state index contributed by atoms with van der Waals surface area (Å²) in [6.45, 7) is 3.66. The van der Waals surface area contributed by atoms with Crippen molar-refractivity contribution in [2.75, 3.05) is 12.5 Å². The number of aromatic nitrogens is 1. The Morgan fingerprint density at radius 2 is 1.74 bits per heavy atom. The summed E-state index contributed by atoms with van der Waals surface area (Å²) in [4.78, 5) is 39.7. The predicted molar refractivity (Wildman–Crippen MR) is 145 cm³/mol. The SMILES string of the molecule is CSc1nc(P(=O)(O)O)ccc1N=CNC(=O)c1cc(Oc2ccc(S(C)(=O)=O)cc2)cc(OC(C)C)c1. The molecule has 0 saturated carbocycles. The number of carbonyl (C=O) groups excluding carboxylic acids is 1. The van der Waals surface area contributed by atoms with Gasteiger partial charge in [0.1, 0.15) is 22.3 Å². The number of benzene rings is 2. The molecule has 0 radical (unpaired) electrons. The van der Waals surface area contributed by atoms with Crippen LogP contribution in [-0.2, 0) is 14.4 Å². The highest BCUT2D eigenvalue weighted by molar-refractivity contribution is 7.98. The molecule has 3 rings (SSSR count). The van der Waals surface area contributed by atoms with E-state index in [1.165, 1.54) is 48.5 Å². The molecule has 0 aliphatic rings. The lowest BCUT2D eigenvalue weighted by Gasteiger charge is -2.14. The number of carbonyl (C=O) groups is 1. The molecule has 1 amide bonds. The fraction of sp³-hybridized carbons (Fsp3) is 0.208. The number of nitrogens with zero attached hydrogens (tertiary/aromatic N) is 2. The minimum absolute atomic E-state index is 0.150. The second-order valence-electron chi connectivity index (χ2n) is 8.18. The van der Waals surface area contributed by atoms with Crippen molar-refractivity contribution in [2.24, 2.45) is 4.99 Å². The van der Waals surface area contributed by atoms with E-state index in [9.17, 15) is 27.6 Å².